The van der Waals surface area contributed by atoms with Gasteiger partial charge in [0.25, 0.3) is 5.91 Å². The number of benzene rings is 2. The number of nitrogens with one attached hydrogen (secondary N) is 2. The molecule has 4 aromatic rings. The summed E-state index contributed by atoms with van der Waals surface area (Å²) in [4.78, 5) is 33.8. The van der Waals surface area contributed by atoms with Gasteiger partial charge in [-0.15, -0.1) is 0 Å². The third-order valence-electron chi connectivity index (χ3n) is 4.81. The Morgan fingerprint density at radius 1 is 1.03 bits per heavy atom. The molecule has 2 aromatic heterocycles. The number of para-hydroxylation sites is 1. The van der Waals surface area contributed by atoms with Crippen molar-refractivity contribution in [1.82, 2.24) is 19.9 Å². The summed E-state index contributed by atoms with van der Waals surface area (Å²) < 4.78 is 1.49. The smallest absolute Gasteiger partial charge is 0.258 e. The van der Waals surface area contributed by atoms with Crippen molar-refractivity contribution in [2.75, 3.05) is 5.32 Å². The molecule has 0 radical (unpaired) electrons. The number of anilines is 1. The maximum atomic E-state index is 12.8. The van der Waals surface area contributed by atoms with Gasteiger partial charge in [-0.3, -0.25) is 14.6 Å². The largest absolute Gasteiger partial charge is 0.349 e. The molecule has 4 rings (SSSR count). The number of rotatable bonds is 6. The Morgan fingerprint density at radius 2 is 1.79 bits per heavy atom. The molecule has 2 aromatic carbocycles. The van der Waals surface area contributed by atoms with Gasteiger partial charge in [0, 0.05) is 6.20 Å². The highest BCUT2D eigenvalue weighted by atomic mass is 35.5. The first-order chi connectivity index (χ1) is 16.0. The lowest BCUT2D eigenvalue weighted by Gasteiger charge is -2.10. The van der Waals surface area contributed by atoms with Crippen molar-refractivity contribution in [3.05, 3.63) is 87.9 Å². The summed E-state index contributed by atoms with van der Waals surface area (Å²) >= 11 is 12.3. The number of aromatic nitrogens is 3. The Bertz CT molecular complexity index is 1380. The highest BCUT2D eigenvalue weighted by molar-refractivity contribution is 6.40. The molecule has 10 heteroatoms. The lowest BCUT2D eigenvalue weighted by molar-refractivity contribution is -0.121. The first-order valence-corrected chi connectivity index (χ1v) is 10.5. The zero-order valence-electron chi connectivity index (χ0n) is 17.0. The number of fused-ring (bicyclic) bond motifs is 1. The Hall–Kier alpha value is -3.93. The van der Waals surface area contributed by atoms with E-state index in [0.29, 0.717) is 22.4 Å². The molecule has 0 saturated heterocycles. The van der Waals surface area contributed by atoms with Gasteiger partial charge in [-0.2, -0.15) is 5.26 Å². The third kappa shape index (κ3) is 4.80. The lowest BCUT2D eigenvalue weighted by atomic mass is 10.2. The molecule has 0 atom stereocenters. The van der Waals surface area contributed by atoms with Crippen LogP contribution in [-0.4, -0.2) is 26.3 Å². The zero-order valence-corrected chi connectivity index (χ0v) is 18.6. The number of hydrogen-bond donors (Lipinski definition) is 2. The SMILES string of the molecule is N#Cc1nc2c(NC(=O)c3c(Cl)cccc3Cl)cccc2n1CC(=O)NCc1ccccn1. The number of pyridine rings is 1. The predicted molar refractivity (Wildman–Crippen MR) is 125 cm³/mol. The van der Waals surface area contributed by atoms with Crippen LogP contribution in [0.25, 0.3) is 11.0 Å². The number of nitriles is 1. The second-order valence-corrected chi connectivity index (χ2v) is 7.77. The maximum Gasteiger partial charge on any atom is 0.258 e. The van der Waals surface area contributed by atoms with E-state index in [0.717, 1.165) is 0 Å². The van der Waals surface area contributed by atoms with E-state index >= 15 is 0 Å². The summed E-state index contributed by atoms with van der Waals surface area (Å²) in [5, 5.41) is 15.5. The van der Waals surface area contributed by atoms with Gasteiger partial charge in [0.05, 0.1) is 39.1 Å². The molecule has 8 nitrogen and oxygen atoms in total. The fraction of sp³-hybridized carbons (Fsp3) is 0.0870. The highest BCUT2D eigenvalue weighted by Crippen LogP contribution is 2.28. The summed E-state index contributed by atoms with van der Waals surface area (Å²) in [7, 11) is 0. The number of carbonyl (C=O) groups excluding carboxylic acids is 2. The van der Waals surface area contributed by atoms with Crippen LogP contribution in [0.4, 0.5) is 5.69 Å². The Balaban J connectivity index is 1.59. The molecule has 0 unspecified atom stereocenters. The van der Waals surface area contributed by atoms with E-state index in [1.54, 1.807) is 54.7 Å². The number of imidazole rings is 1. The van der Waals surface area contributed by atoms with Crippen molar-refractivity contribution >= 4 is 51.7 Å². The first kappa shape index (κ1) is 22.3. The van der Waals surface area contributed by atoms with E-state index in [1.165, 1.54) is 4.57 Å². The fourth-order valence-corrected chi connectivity index (χ4v) is 3.85. The molecule has 0 spiro atoms. The van der Waals surface area contributed by atoms with E-state index in [9.17, 15) is 14.9 Å². The van der Waals surface area contributed by atoms with Gasteiger partial charge in [0.1, 0.15) is 18.1 Å². The molecule has 33 heavy (non-hydrogen) atoms. The Labute approximate surface area is 198 Å². The van der Waals surface area contributed by atoms with Crippen LogP contribution in [0.2, 0.25) is 10.0 Å². The minimum absolute atomic E-state index is 0.0375. The van der Waals surface area contributed by atoms with Gasteiger partial charge in [-0.05, 0) is 36.4 Å². The van der Waals surface area contributed by atoms with Crippen LogP contribution in [0.3, 0.4) is 0 Å². The second kappa shape index (κ2) is 9.69. The van der Waals surface area contributed by atoms with Gasteiger partial charge >= 0.3 is 0 Å². The minimum atomic E-state index is -0.515. The Kier molecular flexibility index (Phi) is 6.54. The van der Waals surface area contributed by atoms with Crippen LogP contribution in [0.15, 0.2) is 60.8 Å². The van der Waals surface area contributed by atoms with Crippen LogP contribution >= 0.6 is 23.2 Å². The zero-order chi connectivity index (χ0) is 23.4. The van der Waals surface area contributed by atoms with Gasteiger partial charge in [-0.1, -0.05) is 41.4 Å². The molecule has 2 heterocycles. The van der Waals surface area contributed by atoms with E-state index < -0.39 is 5.91 Å². The molecule has 0 fully saturated rings. The minimum Gasteiger partial charge on any atom is -0.349 e. The molecule has 0 aliphatic rings. The fourth-order valence-electron chi connectivity index (χ4n) is 3.28. The molecule has 2 amide bonds. The Morgan fingerprint density at radius 3 is 2.48 bits per heavy atom. The van der Waals surface area contributed by atoms with Crippen LogP contribution in [0, 0.1) is 11.3 Å². The van der Waals surface area contributed by atoms with Crippen LogP contribution in [-0.2, 0) is 17.9 Å². The third-order valence-corrected chi connectivity index (χ3v) is 5.44. The quantitative estimate of drug-likeness (QED) is 0.431. The number of nitrogens with zero attached hydrogens (tertiary/aromatic N) is 4. The normalized spacial score (nSPS) is 10.6. The second-order valence-electron chi connectivity index (χ2n) is 6.96. The molecular formula is C23H16Cl2N6O2. The van der Waals surface area contributed by atoms with E-state index in [-0.39, 0.29) is 40.4 Å². The van der Waals surface area contributed by atoms with Crippen molar-refractivity contribution in [1.29, 1.82) is 5.26 Å². The number of carbonyl (C=O) groups is 2. The van der Waals surface area contributed by atoms with Crippen LogP contribution in [0.1, 0.15) is 21.9 Å². The van der Waals surface area contributed by atoms with Gasteiger partial charge in [-0.25, -0.2) is 4.98 Å². The van der Waals surface area contributed by atoms with Crippen molar-refractivity contribution < 1.29 is 9.59 Å². The number of halogens is 2. The summed E-state index contributed by atoms with van der Waals surface area (Å²) in [6.07, 6.45) is 1.64. The highest BCUT2D eigenvalue weighted by Gasteiger charge is 2.19. The molecule has 0 aliphatic heterocycles. The van der Waals surface area contributed by atoms with Gasteiger partial charge in [0.2, 0.25) is 11.7 Å². The van der Waals surface area contributed by atoms with Crippen molar-refractivity contribution in [2.24, 2.45) is 0 Å². The average Bonchev–Trinajstić information content (AvgIpc) is 3.17. The van der Waals surface area contributed by atoms with Crippen molar-refractivity contribution in [3.8, 4) is 6.07 Å². The van der Waals surface area contributed by atoms with E-state index in [4.69, 9.17) is 23.2 Å². The molecular weight excluding hydrogens is 463 g/mol. The summed E-state index contributed by atoms with van der Waals surface area (Å²) in [6, 6.07) is 17.2. The summed E-state index contributed by atoms with van der Waals surface area (Å²) in [5.74, 6) is -0.788. The molecule has 0 bridgehead atoms. The number of hydrogen-bond acceptors (Lipinski definition) is 5. The number of amides is 2. The predicted octanol–water partition coefficient (Wildman–Crippen LogP) is 4.18. The van der Waals surface area contributed by atoms with Crippen LogP contribution in [0.5, 0.6) is 0 Å². The maximum absolute atomic E-state index is 12.8. The molecule has 0 saturated carbocycles. The first-order valence-electron chi connectivity index (χ1n) is 9.79. The summed E-state index contributed by atoms with van der Waals surface area (Å²) in [6.45, 7) is 0.133. The standard InChI is InChI=1S/C23H16Cl2N6O2/c24-15-6-3-7-16(25)21(15)23(33)29-17-8-4-9-18-22(17)30-19(11-26)31(18)13-20(32)28-12-14-5-1-2-10-27-14/h1-10H,12-13H2,(H,28,32)(H,29,33). The topological polar surface area (TPSA) is 113 Å². The molecule has 2 N–H and O–H groups in total. The molecule has 164 valence electrons. The monoisotopic (exact) mass is 478 g/mol. The average molecular weight is 479 g/mol. The van der Waals surface area contributed by atoms with Crippen molar-refractivity contribution in [3.63, 3.8) is 0 Å². The molecule has 0 aliphatic carbocycles. The summed E-state index contributed by atoms with van der Waals surface area (Å²) in [5.41, 5.74) is 2.08. The van der Waals surface area contributed by atoms with E-state index in [1.807, 2.05) is 12.1 Å². The van der Waals surface area contributed by atoms with E-state index in [2.05, 4.69) is 20.6 Å². The lowest BCUT2D eigenvalue weighted by Crippen LogP contribution is -2.27. The van der Waals surface area contributed by atoms with Crippen LogP contribution < -0.4 is 10.6 Å². The van der Waals surface area contributed by atoms with Gasteiger partial charge in [0.15, 0.2) is 0 Å². The van der Waals surface area contributed by atoms with Crippen molar-refractivity contribution in [2.45, 2.75) is 13.1 Å². The van der Waals surface area contributed by atoms with Gasteiger partial charge < -0.3 is 15.2 Å².